The predicted molar refractivity (Wildman–Crippen MR) is 114 cm³/mol. The first-order valence-corrected chi connectivity index (χ1v) is 10.2. The summed E-state index contributed by atoms with van der Waals surface area (Å²) in [5.74, 6) is 2.74. The standard InChI is InChI=1S/C23H24N4O3/c1-15(12-19-14-28-10-11-29-19)23-25-21-7-6-18(13-22(21)26-23)30-17-4-2-16(3-5-17)20-8-9-24-27-20/h2-9,13,15,19H,10-12,14H2,1H3,(H,24,27)(H,25,26). The number of nitrogens with one attached hydrogen (secondary N) is 2. The third-order valence-electron chi connectivity index (χ3n) is 5.34. The maximum Gasteiger partial charge on any atom is 0.129 e. The molecule has 7 nitrogen and oxygen atoms in total. The van der Waals surface area contributed by atoms with Gasteiger partial charge in [-0.2, -0.15) is 5.10 Å². The Kier molecular flexibility index (Phi) is 5.21. The summed E-state index contributed by atoms with van der Waals surface area (Å²) in [6.07, 6.45) is 2.75. The quantitative estimate of drug-likeness (QED) is 0.488. The second-order valence-electron chi connectivity index (χ2n) is 7.60. The number of ether oxygens (including phenoxy) is 3. The van der Waals surface area contributed by atoms with Crippen LogP contribution in [0.4, 0.5) is 0 Å². The largest absolute Gasteiger partial charge is 0.457 e. The lowest BCUT2D eigenvalue weighted by atomic mass is 10.0. The van der Waals surface area contributed by atoms with Gasteiger partial charge < -0.3 is 19.2 Å². The zero-order chi connectivity index (χ0) is 20.3. The summed E-state index contributed by atoms with van der Waals surface area (Å²) < 4.78 is 17.3. The molecule has 1 aliphatic rings. The summed E-state index contributed by atoms with van der Waals surface area (Å²) in [4.78, 5) is 8.21. The van der Waals surface area contributed by atoms with E-state index >= 15 is 0 Å². The molecule has 0 radical (unpaired) electrons. The fourth-order valence-electron chi connectivity index (χ4n) is 3.74. The number of H-pyrrole nitrogens is 2. The van der Waals surface area contributed by atoms with E-state index in [-0.39, 0.29) is 12.0 Å². The number of rotatable bonds is 6. The van der Waals surface area contributed by atoms with Crippen molar-refractivity contribution in [2.24, 2.45) is 0 Å². The van der Waals surface area contributed by atoms with Crippen LogP contribution in [0.1, 0.15) is 25.1 Å². The minimum Gasteiger partial charge on any atom is -0.457 e. The molecule has 2 aromatic carbocycles. The maximum atomic E-state index is 6.03. The van der Waals surface area contributed by atoms with Crippen LogP contribution in [0.25, 0.3) is 22.3 Å². The lowest BCUT2D eigenvalue weighted by Crippen LogP contribution is -2.29. The van der Waals surface area contributed by atoms with Crippen LogP contribution in [0.15, 0.2) is 54.7 Å². The maximum absolute atomic E-state index is 6.03. The molecule has 2 aromatic heterocycles. The first-order valence-electron chi connectivity index (χ1n) is 10.2. The molecule has 30 heavy (non-hydrogen) atoms. The highest BCUT2D eigenvalue weighted by molar-refractivity contribution is 5.77. The van der Waals surface area contributed by atoms with Crippen LogP contribution in [0.5, 0.6) is 11.5 Å². The molecule has 0 aliphatic carbocycles. The van der Waals surface area contributed by atoms with Crippen LogP contribution in [-0.2, 0) is 9.47 Å². The Morgan fingerprint density at radius 1 is 1.10 bits per heavy atom. The van der Waals surface area contributed by atoms with Crippen molar-refractivity contribution in [1.82, 2.24) is 20.2 Å². The van der Waals surface area contributed by atoms with Crippen molar-refractivity contribution in [3.63, 3.8) is 0 Å². The molecule has 4 aromatic rings. The third-order valence-corrected chi connectivity index (χ3v) is 5.34. The van der Waals surface area contributed by atoms with E-state index in [1.54, 1.807) is 6.20 Å². The third kappa shape index (κ3) is 4.08. The van der Waals surface area contributed by atoms with Gasteiger partial charge in [0.2, 0.25) is 0 Å². The van der Waals surface area contributed by atoms with Gasteiger partial charge in [0.15, 0.2) is 0 Å². The van der Waals surface area contributed by atoms with Gasteiger partial charge in [-0.25, -0.2) is 4.98 Å². The molecular formula is C23H24N4O3. The van der Waals surface area contributed by atoms with E-state index in [2.05, 4.69) is 22.1 Å². The number of hydrogen-bond acceptors (Lipinski definition) is 5. The Morgan fingerprint density at radius 2 is 1.97 bits per heavy atom. The molecule has 0 spiro atoms. The van der Waals surface area contributed by atoms with E-state index in [0.29, 0.717) is 19.8 Å². The van der Waals surface area contributed by atoms with E-state index in [4.69, 9.17) is 19.2 Å². The highest BCUT2D eigenvalue weighted by Gasteiger charge is 2.20. The minimum atomic E-state index is 0.130. The van der Waals surface area contributed by atoms with Crippen LogP contribution in [-0.4, -0.2) is 46.1 Å². The smallest absolute Gasteiger partial charge is 0.129 e. The Morgan fingerprint density at radius 3 is 2.73 bits per heavy atom. The molecule has 154 valence electrons. The van der Waals surface area contributed by atoms with E-state index in [0.717, 1.165) is 46.0 Å². The average Bonchev–Trinajstić information content (AvgIpc) is 3.45. The molecule has 2 N–H and O–H groups in total. The highest BCUT2D eigenvalue weighted by Crippen LogP contribution is 2.29. The van der Waals surface area contributed by atoms with Gasteiger partial charge in [0.1, 0.15) is 17.3 Å². The number of nitrogens with zero attached hydrogens (tertiary/aromatic N) is 2. The van der Waals surface area contributed by atoms with E-state index in [1.165, 1.54) is 0 Å². The Hall–Kier alpha value is -3.16. The van der Waals surface area contributed by atoms with Crippen LogP contribution in [0, 0.1) is 0 Å². The Bertz CT molecular complexity index is 1100. The van der Waals surface area contributed by atoms with Crippen molar-refractivity contribution in [1.29, 1.82) is 0 Å². The van der Waals surface area contributed by atoms with Gasteiger partial charge in [-0.15, -0.1) is 0 Å². The molecule has 3 heterocycles. The molecule has 0 saturated carbocycles. The van der Waals surface area contributed by atoms with Gasteiger partial charge in [-0.1, -0.05) is 6.92 Å². The number of benzene rings is 2. The molecule has 5 rings (SSSR count). The lowest BCUT2D eigenvalue weighted by Gasteiger charge is -2.24. The second-order valence-corrected chi connectivity index (χ2v) is 7.60. The van der Waals surface area contributed by atoms with Crippen molar-refractivity contribution in [2.45, 2.75) is 25.4 Å². The molecule has 1 saturated heterocycles. The van der Waals surface area contributed by atoms with Gasteiger partial charge in [0.25, 0.3) is 0 Å². The van der Waals surface area contributed by atoms with Crippen molar-refractivity contribution in [3.8, 4) is 22.8 Å². The van der Waals surface area contributed by atoms with Crippen molar-refractivity contribution < 1.29 is 14.2 Å². The van der Waals surface area contributed by atoms with Crippen molar-refractivity contribution in [3.05, 3.63) is 60.6 Å². The first kappa shape index (κ1) is 18.8. The summed E-state index contributed by atoms with van der Waals surface area (Å²) >= 11 is 0. The summed E-state index contributed by atoms with van der Waals surface area (Å²) in [7, 11) is 0. The number of aromatic nitrogens is 4. The zero-order valence-corrected chi connectivity index (χ0v) is 16.8. The van der Waals surface area contributed by atoms with Gasteiger partial charge in [0, 0.05) is 18.2 Å². The summed E-state index contributed by atoms with van der Waals surface area (Å²) in [6.45, 7) is 4.17. The highest BCUT2D eigenvalue weighted by atomic mass is 16.6. The monoisotopic (exact) mass is 404 g/mol. The molecule has 2 unspecified atom stereocenters. The molecule has 2 atom stereocenters. The normalized spacial score (nSPS) is 17.8. The van der Waals surface area contributed by atoms with Crippen LogP contribution >= 0.6 is 0 Å². The van der Waals surface area contributed by atoms with E-state index in [1.807, 2.05) is 48.5 Å². The fourth-order valence-corrected chi connectivity index (χ4v) is 3.74. The number of aromatic amines is 2. The topological polar surface area (TPSA) is 85.0 Å². The van der Waals surface area contributed by atoms with Gasteiger partial charge in [-0.3, -0.25) is 5.10 Å². The summed E-state index contributed by atoms with van der Waals surface area (Å²) in [5, 5.41) is 6.95. The molecular weight excluding hydrogens is 380 g/mol. The molecule has 0 bridgehead atoms. The van der Waals surface area contributed by atoms with Crippen LogP contribution in [0.3, 0.4) is 0 Å². The Labute approximate surface area is 174 Å². The van der Waals surface area contributed by atoms with E-state index in [9.17, 15) is 0 Å². The predicted octanol–water partition coefficient (Wildman–Crippen LogP) is 4.65. The zero-order valence-electron chi connectivity index (χ0n) is 16.8. The minimum absolute atomic E-state index is 0.130. The van der Waals surface area contributed by atoms with Crippen molar-refractivity contribution in [2.75, 3.05) is 19.8 Å². The van der Waals surface area contributed by atoms with Gasteiger partial charge in [-0.05, 0) is 54.4 Å². The van der Waals surface area contributed by atoms with E-state index < -0.39 is 0 Å². The number of fused-ring (bicyclic) bond motifs is 1. The summed E-state index contributed by atoms with van der Waals surface area (Å²) in [6, 6.07) is 15.8. The van der Waals surface area contributed by atoms with Crippen LogP contribution < -0.4 is 4.74 Å². The molecule has 0 amide bonds. The first-order chi connectivity index (χ1) is 14.7. The second kappa shape index (κ2) is 8.30. The molecule has 1 fully saturated rings. The fraction of sp³-hybridized carbons (Fsp3) is 0.304. The summed E-state index contributed by atoms with van der Waals surface area (Å²) in [5.41, 5.74) is 3.93. The molecule has 7 heteroatoms. The van der Waals surface area contributed by atoms with Crippen LogP contribution in [0.2, 0.25) is 0 Å². The molecule has 1 aliphatic heterocycles. The lowest BCUT2D eigenvalue weighted by molar-refractivity contribution is -0.0925. The average molecular weight is 404 g/mol. The number of hydrogen-bond donors (Lipinski definition) is 2. The van der Waals surface area contributed by atoms with Gasteiger partial charge in [0.05, 0.1) is 42.7 Å². The van der Waals surface area contributed by atoms with Gasteiger partial charge >= 0.3 is 0 Å². The SMILES string of the molecule is CC(CC1COCCO1)c1nc2cc(Oc3ccc(-c4ccn[nH]4)cc3)ccc2[nH]1. The Balaban J connectivity index is 1.29. The number of imidazole rings is 1. The van der Waals surface area contributed by atoms with Crippen molar-refractivity contribution >= 4 is 11.0 Å².